The molecule has 0 bridgehead atoms. The molecule has 10 heavy (non-hydrogen) atoms. The maximum absolute atomic E-state index is 9.87. The number of ether oxygens (including phenoxy) is 1. The van der Waals surface area contributed by atoms with Gasteiger partial charge in [-0.25, -0.2) is 13.2 Å². The van der Waals surface area contributed by atoms with Crippen LogP contribution in [-0.4, -0.2) is 18.3 Å². The van der Waals surface area contributed by atoms with Crippen LogP contribution < -0.4 is 18.9 Å². The van der Waals surface area contributed by atoms with Crippen molar-refractivity contribution in [2.45, 2.75) is 0 Å². The first-order valence-corrected chi connectivity index (χ1v) is 3.16. The monoisotopic (exact) mass is 158 g/mol. The first-order valence-electron chi connectivity index (χ1n) is 1.76. The summed E-state index contributed by atoms with van der Waals surface area (Å²) in [5.74, 6) is 0. The molecule has 0 saturated heterocycles. The van der Waals surface area contributed by atoms with Crippen LogP contribution in [0.1, 0.15) is 0 Å². The Morgan fingerprint density at radius 1 is 1.60 bits per heavy atom. The molecule has 5 nitrogen and oxygen atoms in total. The Hall–Kier alpha value is -0.283. The fourth-order valence-electron chi connectivity index (χ4n) is 0.127. The van der Waals surface area contributed by atoms with Crippen LogP contribution in [0, 0.1) is 0 Å². The minimum atomic E-state index is -4.95. The first-order chi connectivity index (χ1) is 3.98. The van der Waals surface area contributed by atoms with Gasteiger partial charge in [-0.05, 0) is 0 Å². The van der Waals surface area contributed by atoms with E-state index in [2.05, 4.69) is 11.3 Å². The zero-order chi connectivity index (χ0) is 7.49. The van der Waals surface area contributed by atoms with E-state index in [4.69, 9.17) is 0 Å². The molecule has 0 amide bonds. The number of hydrogen-bond donors (Lipinski definition) is 0. The molecule has 52 valence electrons. The summed E-state index contributed by atoms with van der Waals surface area (Å²) in [6.07, 6.45) is 0.567. The molecule has 0 saturated carbocycles. The van der Waals surface area contributed by atoms with Crippen molar-refractivity contribution in [1.82, 2.24) is 0 Å². The number of carbonyl (C=O) groups excluding carboxylic acids is 1. The molecule has 0 N–H and O–H groups in total. The molecular formula is C3H3LiO5S. The molecule has 0 rings (SSSR count). The van der Waals surface area contributed by atoms with Gasteiger partial charge in [0.1, 0.15) is 0 Å². The van der Waals surface area contributed by atoms with Crippen LogP contribution in [0.25, 0.3) is 0 Å². The van der Waals surface area contributed by atoms with Crippen LogP contribution in [0.15, 0.2) is 12.8 Å². The van der Waals surface area contributed by atoms with Crippen molar-refractivity contribution in [3.05, 3.63) is 12.8 Å². The summed E-state index contributed by atoms with van der Waals surface area (Å²) in [7, 11) is -4.95. The molecule has 0 aliphatic carbocycles. The molecule has 0 aromatic carbocycles. The van der Waals surface area contributed by atoms with E-state index >= 15 is 0 Å². The van der Waals surface area contributed by atoms with Gasteiger partial charge >= 0.3 is 24.2 Å². The van der Waals surface area contributed by atoms with Gasteiger partial charge in [0, 0.05) is 0 Å². The van der Waals surface area contributed by atoms with Crippen LogP contribution in [0.2, 0.25) is 0 Å². The Kier molecular flexibility index (Phi) is 5.60. The summed E-state index contributed by atoms with van der Waals surface area (Å²) in [5.41, 5.74) is 0. The summed E-state index contributed by atoms with van der Waals surface area (Å²) in [6, 6.07) is 0. The first kappa shape index (κ1) is 12.4. The number of rotatable bonds is 1. The van der Waals surface area contributed by atoms with Crippen molar-refractivity contribution < 1.29 is 41.4 Å². The van der Waals surface area contributed by atoms with Gasteiger partial charge in [0.15, 0.2) is 10.1 Å². The zero-order valence-electron chi connectivity index (χ0n) is 5.23. The van der Waals surface area contributed by atoms with Gasteiger partial charge < -0.3 is 9.29 Å². The Bertz CT molecular complexity index is 217. The van der Waals surface area contributed by atoms with Crippen LogP contribution in [-0.2, 0) is 14.9 Å². The van der Waals surface area contributed by atoms with Gasteiger partial charge in [0.2, 0.25) is 0 Å². The Morgan fingerprint density at radius 2 is 2.00 bits per heavy atom. The molecule has 0 atom stereocenters. The average molecular weight is 158 g/mol. The van der Waals surface area contributed by atoms with Crippen LogP contribution >= 0.6 is 0 Å². The minimum Gasteiger partial charge on any atom is -0.739 e. The maximum atomic E-state index is 9.87. The van der Waals surface area contributed by atoms with E-state index in [1.807, 2.05) is 0 Å². The molecule has 0 aromatic heterocycles. The van der Waals surface area contributed by atoms with Crippen molar-refractivity contribution in [2.24, 2.45) is 0 Å². The van der Waals surface area contributed by atoms with Gasteiger partial charge in [-0.1, -0.05) is 6.58 Å². The number of hydrogen-bond acceptors (Lipinski definition) is 5. The van der Waals surface area contributed by atoms with Gasteiger partial charge in [-0.3, -0.25) is 0 Å². The Labute approximate surface area is 70.0 Å². The Balaban J connectivity index is 0. The minimum absolute atomic E-state index is 0. The molecule has 0 unspecified atom stereocenters. The predicted molar refractivity (Wildman–Crippen MR) is 26.4 cm³/mol. The van der Waals surface area contributed by atoms with Crippen LogP contribution in [0.5, 0.6) is 0 Å². The normalized spacial score (nSPS) is 9.30. The summed E-state index contributed by atoms with van der Waals surface area (Å²) in [5, 5.41) is -1.84. The third-order valence-corrected chi connectivity index (χ3v) is 0.888. The standard InChI is InChI=1S/C3H4O5S.Li/c1-2-8-3(4)9(5,6)7;/h2H,1H2,(H,5,6,7);/q;+1/p-1. The average Bonchev–Trinajstić information content (AvgIpc) is 1.64. The van der Waals surface area contributed by atoms with E-state index in [0.29, 0.717) is 6.26 Å². The van der Waals surface area contributed by atoms with Gasteiger partial charge in [0.05, 0.1) is 6.26 Å². The SMILES string of the molecule is C=COC(=O)S(=O)(=O)[O-].[Li+]. The van der Waals surface area contributed by atoms with Crippen molar-refractivity contribution in [1.29, 1.82) is 0 Å². The van der Waals surface area contributed by atoms with E-state index in [0.717, 1.165) is 0 Å². The number of carbonyl (C=O) groups is 1. The van der Waals surface area contributed by atoms with E-state index < -0.39 is 15.4 Å². The Morgan fingerprint density at radius 3 is 2.10 bits per heavy atom. The van der Waals surface area contributed by atoms with Crippen LogP contribution in [0.4, 0.5) is 4.79 Å². The summed E-state index contributed by atoms with van der Waals surface area (Å²) in [4.78, 5) is 9.87. The van der Waals surface area contributed by atoms with Gasteiger partial charge in [-0.2, -0.15) is 0 Å². The maximum Gasteiger partial charge on any atom is 1.00 e. The summed E-state index contributed by atoms with van der Waals surface area (Å²) in [6.45, 7) is 2.87. The molecule has 0 heterocycles. The third kappa shape index (κ3) is 4.58. The fourth-order valence-corrected chi connectivity index (χ4v) is 0.313. The van der Waals surface area contributed by atoms with E-state index in [-0.39, 0.29) is 18.9 Å². The second-order valence-electron chi connectivity index (χ2n) is 0.989. The zero-order valence-corrected chi connectivity index (χ0v) is 6.05. The van der Waals surface area contributed by atoms with Gasteiger partial charge in [0.25, 0.3) is 0 Å². The predicted octanol–water partition coefficient (Wildman–Crippen LogP) is -3.18. The van der Waals surface area contributed by atoms with E-state index in [9.17, 15) is 17.8 Å². The smallest absolute Gasteiger partial charge is 0.739 e. The largest absolute Gasteiger partial charge is 1.00 e. The van der Waals surface area contributed by atoms with Crippen LogP contribution in [0.3, 0.4) is 0 Å². The molecule has 0 aliphatic rings. The molecule has 0 spiro atoms. The second-order valence-corrected chi connectivity index (χ2v) is 2.23. The molecule has 0 aromatic rings. The van der Waals surface area contributed by atoms with Crippen molar-refractivity contribution in [2.75, 3.05) is 0 Å². The molecule has 0 radical (unpaired) electrons. The van der Waals surface area contributed by atoms with Gasteiger partial charge in [-0.15, -0.1) is 0 Å². The van der Waals surface area contributed by atoms with E-state index in [1.54, 1.807) is 0 Å². The van der Waals surface area contributed by atoms with Crippen molar-refractivity contribution in [3.8, 4) is 0 Å². The molecule has 0 aliphatic heterocycles. The second kappa shape index (κ2) is 4.52. The fraction of sp³-hybridized carbons (Fsp3) is 0. The summed E-state index contributed by atoms with van der Waals surface area (Å²) < 4.78 is 32.6. The quantitative estimate of drug-likeness (QED) is 0.174. The topological polar surface area (TPSA) is 83.5 Å². The molecule has 0 fully saturated rings. The van der Waals surface area contributed by atoms with Crippen molar-refractivity contribution >= 4 is 15.4 Å². The van der Waals surface area contributed by atoms with Crippen molar-refractivity contribution in [3.63, 3.8) is 0 Å². The van der Waals surface area contributed by atoms with E-state index in [1.165, 1.54) is 0 Å². The molecule has 7 heteroatoms. The summed E-state index contributed by atoms with van der Waals surface area (Å²) >= 11 is 0. The molecular weight excluding hydrogens is 155 g/mol. The third-order valence-electron chi connectivity index (χ3n) is 0.384.